The number of carbonyl (C=O) groups excluding carboxylic acids is 1. The molecule has 3 aromatic rings. The normalized spacial score (nSPS) is 10.5. The molecule has 94 valence electrons. The largest absolute Gasteiger partial charge is 0.504 e. The van der Waals surface area contributed by atoms with Gasteiger partial charge in [-0.25, -0.2) is 4.98 Å². The molecule has 3 rings (SSSR count). The first-order valence-corrected chi connectivity index (χ1v) is 5.50. The molecule has 7 heteroatoms. The highest BCUT2D eigenvalue weighted by atomic mass is 16.3. The Morgan fingerprint density at radius 3 is 2.89 bits per heavy atom. The lowest BCUT2D eigenvalue weighted by Gasteiger charge is -2.05. The van der Waals surface area contributed by atoms with Gasteiger partial charge in [-0.1, -0.05) is 0 Å². The summed E-state index contributed by atoms with van der Waals surface area (Å²) in [5, 5.41) is 22.3. The molecule has 0 aliphatic carbocycles. The van der Waals surface area contributed by atoms with Gasteiger partial charge in [0.05, 0.1) is 0 Å². The highest BCUT2D eigenvalue weighted by molar-refractivity contribution is 6.05. The van der Waals surface area contributed by atoms with Gasteiger partial charge in [0.25, 0.3) is 5.91 Å². The summed E-state index contributed by atoms with van der Waals surface area (Å²) >= 11 is 0. The van der Waals surface area contributed by atoms with Gasteiger partial charge in [-0.3, -0.25) is 4.79 Å². The number of amides is 1. The Bertz CT molecular complexity index is 752. The number of nitrogens with zero attached hydrogens (tertiary/aromatic N) is 3. The molecule has 0 spiro atoms. The number of pyridine rings is 1. The van der Waals surface area contributed by atoms with Crippen LogP contribution in [0, 0.1) is 0 Å². The third-order valence-corrected chi connectivity index (χ3v) is 2.60. The summed E-state index contributed by atoms with van der Waals surface area (Å²) in [6, 6.07) is 7.94. The zero-order chi connectivity index (χ0) is 13.2. The fourth-order valence-corrected chi connectivity index (χ4v) is 1.65. The third kappa shape index (κ3) is 2.08. The minimum Gasteiger partial charge on any atom is -0.504 e. The van der Waals surface area contributed by atoms with Gasteiger partial charge in [0.1, 0.15) is 11.0 Å². The van der Waals surface area contributed by atoms with Crippen LogP contribution < -0.4 is 5.32 Å². The fraction of sp³-hybridized carbons (Fsp3) is 0. The number of H-pyrrole nitrogens is 1. The van der Waals surface area contributed by atoms with E-state index in [0.717, 1.165) is 0 Å². The van der Waals surface area contributed by atoms with Crippen molar-refractivity contribution >= 4 is 22.8 Å². The quantitative estimate of drug-likeness (QED) is 0.640. The second-order valence-electron chi connectivity index (χ2n) is 3.85. The molecule has 7 nitrogen and oxygen atoms in total. The standard InChI is InChI=1S/C12H9N5O2/c18-10-2-1-5-13-11(10)14-12(19)7-3-4-8-9(6-7)16-17-15-8/h1-6,18H,(H,13,14,19)(H,15,16,17). The van der Waals surface area contributed by atoms with Gasteiger partial charge in [0.15, 0.2) is 11.6 Å². The molecule has 0 bridgehead atoms. The smallest absolute Gasteiger partial charge is 0.256 e. The maximum Gasteiger partial charge on any atom is 0.256 e. The molecular formula is C12H9N5O2. The maximum absolute atomic E-state index is 12.0. The number of fused-ring (bicyclic) bond motifs is 1. The number of aromatic hydroxyl groups is 1. The van der Waals surface area contributed by atoms with Gasteiger partial charge in [-0.15, -0.1) is 0 Å². The molecule has 0 radical (unpaired) electrons. The van der Waals surface area contributed by atoms with E-state index in [9.17, 15) is 9.90 Å². The van der Waals surface area contributed by atoms with Crippen LogP contribution in [-0.4, -0.2) is 31.4 Å². The Labute approximate surface area is 107 Å². The molecule has 0 saturated heterocycles. The van der Waals surface area contributed by atoms with Crippen molar-refractivity contribution < 1.29 is 9.90 Å². The van der Waals surface area contributed by atoms with Crippen molar-refractivity contribution in [1.29, 1.82) is 0 Å². The monoisotopic (exact) mass is 255 g/mol. The van der Waals surface area contributed by atoms with E-state index in [1.807, 2.05) is 0 Å². The van der Waals surface area contributed by atoms with E-state index in [2.05, 4.69) is 25.7 Å². The van der Waals surface area contributed by atoms with Crippen LogP contribution >= 0.6 is 0 Å². The second-order valence-corrected chi connectivity index (χ2v) is 3.85. The highest BCUT2D eigenvalue weighted by Gasteiger charge is 2.11. The lowest BCUT2D eigenvalue weighted by Crippen LogP contribution is -2.12. The lowest BCUT2D eigenvalue weighted by molar-refractivity contribution is 0.102. The van der Waals surface area contributed by atoms with Gasteiger partial charge in [-0.2, -0.15) is 15.4 Å². The molecule has 0 atom stereocenters. The molecule has 0 fully saturated rings. The summed E-state index contributed by atoms with van der Waals surface area (Å²) in [7, 11) is 0. The van der Waals surface area contributed by atoms with Crippen LogP contribution in [-0.2, 0) is 0 Å². The Morgan fingerprint density at radius 2 is 2.05 bits per heavy atom. The number of aromatic nitrogens is 4. The van der Waals surface area contributed by atoms with E-state index >= 15 is 0 Å². The second kappa shape index (κ2) is 4.37. The van der Waals surface area contributed by atoms with Crippen LogP contribution in [0.4, 0.5) is 5.82 Å². The number of hydrogen-bond acceptors (Lipinski definition) is 5. The summed E-state index contributed by atoms with van der Waals surface area (Å²) in [6.07, 6.45) is 1.48. The highest BCUT2D eigenvalue weighted by Crippen LogP contribution is 2.19. The van der Waals surface area contributed by atoms with E-state index < -0.39 is 0 Å². The number of aromatic amines is 1. The molecule has 3 N–H and O–H groups in total. The molecule has 19 heavy (non-hydrogen) atoms. The minimum absolute atomic E-state index is 0.0848. The predicted octanol–water partition coefficient (Wildman–Crippen LogP) is 1.31. The Kier molecular flexibility index (Phi) is 2.57. The Morgan fingerprint density at radius 1 is 1.21 bits per heavy atom. The number of hydrogen-bond donors (Lipinski definition) is 3. The van der Waals surface area contributed by atoms with Crippen molar-refractivity contribution in [2.45, 2.75) is 0 Å². The fourth-order valence-electron chi connectivity index (χ4n) is 1.65. The van der Waals surface area contributed by atoms with E-state index in [1.165, 1.54) is 12.3 Å². The first kappa shape index (κ1) is 11.1. The third-order valence-electron chi connectivity index (χ3n) is 2.60. The van der Waals surface area contributed by atoms with Crippen molar-refractivity contribution in [2.75, 3.05) is 5.32 Å². The van der Waals surface area contributed by atoms with E-state index in [-0.39, 0.29) is 17.5 Å². The number of anilines is 1. The zero-order valence-electron chi connectivity index (χ0n) is 9.66. The molecule has 1 aromatic carbocycles. The molecule has 0 saturated carbocycles. The number of carbonyl (C=O) groups is 1. The van der Waals surface area contributed by atoms with Crippen LogP contribution in [0.1, 0.15) is 10.4 Å². The SMILES string of the molecule is O=C(Nc1ncccc1O)c1ccc2n[nH]nc2c1. The molecule has 2 aromatic heterocycles. The van der Waals surface area contributed by atoms with Gasteiger partial charge < -0.3 is 10.4 Å². The Balaban J connectivity index is 1.89. The number of benzene rings is 1. The van der Waals surface area contributed by atoms with Crippen LogP contribution in [0.5, 0.6) is 5.75 Å². The zero-order valence-corrected chi connectivity index (χ0v) is 9.66. The first-order valence-electron chi connectivity index (χ1n) is 5.50. The summed E-state index contributed by atoms with van der Waals surface area (Å²) in [6.45, 7) is 0. The maximum atomic E-state index is 12.0. The van der Waals surface area contributed by atoms with Crippen LogP contribution in [0.3, 0.4) is 0 Å². The van der Waals surface area contributed by atoms with Gasteiger partial charge in [0, 0.05) is 11.8 Å². The summed E-state index contributed by atoms with van der Waals surface area (Å²) in [4.78, 5) is 15.9. The predicted molar refractivity (Wildman–Crippen MR) is 67.7 cm³/mol. The summed E-state index contributed by atoms with van der Waals surface area (Å²) in [5.41, 5.74) is 1.68. The van der Waals surface area contributed by atoms with Crippen LogP contribution in [0.15, 0.2) is 36.5 Å². The van der Waals surface area contributed by atoms with Crippen molar-refractivity contribution in [1.82, 2.24) is 20.4 Å². The van der Waals surface area contributed by atoms with Crippen molar-refractivity contribution in [3.8, 4) is 5.75 Å². The summed E-state index contributed by atoms with van der Waals surface area (Å²) < 4.78 is 0. The van der Waals surface area contributed by atoms with Gasteiger partial charge >= 0.3 is 0 Å². The molecular weight excluding hydrogens is 246 g/mol. The average Bonchev–Trinajstić information content (AvgIpc) is 2.88. The van der Waals surface area contributed by atoms with Crippen molar-refractivity contribution in [3.05, 3.63) is 42.1 Å². The van der Waals surface area contributed by atoms with Crippen LogP contribution in [0.2, 0.25) is 0 Å². The lowest BCUT2D eigenvalue weighted by atomic mass is 10.2. The van der Waals surface area contributed by atoms with E-state index in [1.54, 1.807) is 24.3 Å². The van der Waals surface area contributed by atoms with Crippen molar-refractivity contribution in [3.63, 3.8) is 0 Å². The van der Waals surface area contributed by atoms with Crippen LogP contribution in [0.25, 0.3) is 11.0 Å². The molecule has 2 heterocycles. The van der Waals surface area contributed by atoms with Crippen molar-refractivity contribution in [2.24, 2.45) is 0 Å². The molecule has 0 aliphatic heterocycles. The minimum atomic E-state index is -0.376. The first-order chi connectivity index (χ1) is 9.24. The van der Waals surface area contributed by atoms with Gasteiger partial charge in [-0.05, 0) is 30.3 Å². The average molecular weight is 255 g/mol. The molecule has 0 aliphatic rings. The summed E-state index contributed by atoms with van der Waals surface area (Å²) in [5.74, 6) is -0.343. The molecule has 0 unspecified atom stereocenters. The topological polar surface area (TPSA) is 104 Å². The van der Waals surface area contributed by atoms with E-state index in [4.69, 9.17) is 0 Å². The Hall–Kier alpha value is -2.96. The number of rotatable bonds is 2. The van der Waals surface area contributed by atoms with Gasteiger partial charge in [0.2, 0.25) is 0 Å². The van der Waals surface area contributed by atoms with E-state index in [0.29, 0.717) is 16.6 Å². The molecule has 1 amide bonds. The number of nitrogens with one attached hydrogen (secondary N) is 2.